The van der Waals surface area contributed by atoms with Crippen molar-refractivity contribution in [2.45, 2.75) is 13.0 Å². The second-order valence-electron chi connectivity index (χ2n) is 3.65. The van der Waals surface area contributed by atoms with E-state index >= 15 is 0 Å². The molecule has 1 unspecified atom stereocenters. The van der Waals surface area contributed by atoms with Gasteiger partial charge in [-0.2, -0.15) is 8.42 Å². The Kier molecular flexibility index (Phi) is 4.28. The fourth-order valence-electron chi connectivity index (χ4n) is 1.29. The normalized spacial score (nSPS) is 13.4. The molecule has 0 aliphatic carbocycles. The van der Waals surface area contributed by atoms with Gasteiger partial charge in [-0.1, -0.05) is 12.1 Å². The lowest BCUT2D eigenvalue weighted by molar-refractivity contribution is 0.208. The quantitative estimate of drug-likeness (QED) is 0.663. The smallest absolute Gasteiger partial charge is 0.267 e. The van der Waals surface area contributed by atoms with E-state index < -0.39 is 22.0 Å². The van der Waals surface area contributed by atoms with Crippen molar-refractivity contribution in [1.29, 1.82) is 0 Å². The molecule has 0 radical (unpaired) electrons. The topological polar surface area (TPSA) is 86.6 Å². The summed E-state index contributed by atoms with van der Waals surface area (Å²) in [7, 11) is -4.13. The second kappa shape index (κ2) is 5.29. The minimum Gasteiger partial charge on any atom is -0.390 e. The minimum atomic E-state index is -4.13. The number of hydrogen-bond donors (Lipinski definition) is 3. The molecular weight excluding hydrogens is 230 g/mol. The summed E-state index contributed by atoms with van der Waals surface area (Å²) in [6.45, 7) is 2.00. The van der Waals surface area contributed by atoms with Gasteiger partial charge in [0, 0.05) is 12.2 Å². The largest absolute Gasteiger partial charge is 0.390 e. The van der Waals surface area contributed by atoms with Gasteiger partial charge in [-0.15, -0.1) is 0 Å². The molecule has 1 aromatic rings. The van der Waals surface area contributed by atoms with Crippen molar-refractivity contribution in [2.75, 3.05) is 17.6 Å². The van der Waals surface area contributed by atoms with Gasteiger partial charge in [-0.3, -0.25) is 4.55 Å². The van der Waals surface area contributed by atoms with E-state index in [1.807, 2.05) is 31.2 Å². The minimum absolute atomic E-state index is 0.0727. The van der Waals surface area contributed by atoms with Gasteiger partial charge in [0.05, 0.1) is 6.10 Å². The van der Waals surface area contributed by atoms with Crippen LogP contribution >= 0.6 is 0 Å². The van der Waals surface area contributed by atoms with E-state index in [-0.39, 0.29) is 6.54 Å². The Morgan fingerprint density at radius 1 is 1.44 bits per heavy atom. The highest BCUT2D eigenvalue weighted by atomic mass is 32.2. The average Bonchev–Trinajstić information content (AvgIpc) is 2.12. The van der Waals surface area contributed by atoms with Crippen molar-refractivity contribution in [3.63, 3.8) is 0 Å². The van der Waals surface area contributed by atoms with Crippen molar-refractivity contribution in [2.24, 2.45) is 0 Å². The molecule has 90 valence electrons. The first-order chi connectivity index (χ1) is 7.37. The number of benzene rings is 1. The molecule has 1 atom stereocenters. The molecule has 6 heteroatoms. The van der Waals surface area contributed by atoms with E-state index in [4.69, 9.17) is 4.55 Å². The van der Waals surface area contributed by atoms with Gasteiger partial charge in [-0.05, 0) is 24.6 Å². The van der Waals surface area contributed by atoms with E-state index in [0.29, 0.717) is 0 Å². The molecule has 0 saturated heterocycles. The highest BCUT2D eigenvalue weighted by Gasteiger charge is 2.13. The number of anilines is 1. The van der Waals surface area contributed by atoms with E-state index in [1.165, 1.54) is 0 Å². The standard InChI is InChI=1S/C10H15NO4S/c1-8-3-2-4-9(5-8)11-6-10(12)7-16(13,14)15/h2-5,10-12H,6-7H2,1H3,(H,13,14,15). The van der Waals surface area contributed by atoms with Crippen LogP contribution in [0.15, 0.2) is 24.3 Å². The maximum Gasteiger partial charge on any atom is 0.267 e. The van der Waals surface area contributed by atoms with Crippen LogP contribution in [-0.4, -0.2) is 36.5 Å². The molecule has 0 aromatic heterocycles. The maximum atomic E-state index is 10.5. The van der Waals surface area contributed by atoms with Crippen LogP contribution in [0.25, 0.3) is 0 Å². The van der Waals surface area contributed by atoms with E-state index in [0.717, 1.165) is 11.3 Å². The van der Waals surface area contributed by atoms with Gasteiger partial charge in [0.2, 0.25) is 0 Å². The van der Waals surface area contributed by atoms with Crippen molar-refractivity contribution >= 4 is 15.8 Å². The lowest BCUT2D eigenvalue weighted by Crippen LogP contribution is -2.27. The van der Waals surface area contributed by atoms with Crippen LogP contribution in [0.5, 0.6) is 0 Å². The predicted molar refractivity (Wildman–Crippen MR) is 62.1 cm³/mol. The molecule has 0 bridgehead atoms. The summed E-state index contributed by atoms with van der Waals surface area (Å²) in [5, 5.41) is 12.2. The number of aryl methyl sites for hydroxylation is 1. The van der Waals surface area contributed by atoms with E-state index in [9.17, 15) is 13.5 Å². The third-order valence-electron chi connectivity index (χ3n) is 1.96. The Morgan fingerprint density at radius 2 is 2.12 bits per heavy atom. The van der Waals surface area contributed by atoms with Crippen LogP contribution in [0, 0.1) is 6.92 Å². The lowest BCUT2D eigenvalue weighted by atomic mass is 10.2. The van der Waals surface area contributed by atoms with Gasteiger partial charge in [-0.25, -0.2) is 0 Å². The second-order valence-corrected chi connectivity index (χ2v) is 5.15. The first-order valence-electron chi connectivity index (χ1n) is 4.80. The molecule has 0 fully saturated rings. The van der Waals surface area contributed by atoms with Crippen LogP contribution in [0.3, 0.4) is 0 Å². The highest BCUT2D eigenvalue weighted by molar-refractivity contribution is 7.85. The SMILES string of the molecule is Cc1cccc(NCC(O)CS(=O)(=O)O)c1. The highest BCUT2D eigenvalue weighted by Crippen LogP contribution is 2.09. The Morgan fingerprint density at radius 3 is 2.69 bits per heavy atom. The zero-order valence-electron chi connectivity index (χ0n) is 8.92. The van der Waals surface area contributed by atoms with Crippen LogP contribution in [0.2, 0.25) is 0 Å². The summed E-state index contributed by atoms with van der Waals surface area (Å²) in [5.74, 6) is -0.661. The summed E-state index contributed by atoms with van der Waals surface area (Å²) in [4.78, 5) is 0. The van der Waals surface area contributed by atoms with Crippen LogP contribution in [0.1, 0.15) is 5.56 Å². The van der Waals surface area contributed by atoms with Gasteiger partial charge in [0.1, 0.15) is 5.75 Å². The predicted octanol–water partition coefficient (Wildman–Crippen LogP) is 0.656. The fourth-order valence-corrected chi connectivity index (χ4v) is 1.90. The summed E-state index contributed by atoms with van der Waals surface area (Å²) >= 11 is 0. The molecular formula is C10H15NO4S. The molecule has 1 aromatic carbocycles. The number of hydrogen-bond acceptors (Lipinski definition) is 4. The van der Waals surface area contributed by atoms with Crippen molar-refractivity contribution in [3.05, 3.63) is 29.8 Å². The molecule has 3 N–H and O–H groups in total. The van der Waals surface area contributed by atoms with Crippen LogP contribution in [0.4, 0.5) is 5.69 Å². The Balaban J connectivity index is 2.46. The average molecular weight is 245 g/mol. The summed E-state index contributed by atoms with van der Waals surface area (Å²) < 4.78 is 29.5. The molecule has 0 aliphatic rings. The van der Waals surface area contributed by atoms with Gasteiger partial charge in [0.15, 0.2) is 0 Å². The zero-order valence-corrected chi connectivity index (χ0v) is 9.74. The summed E-state index contributed by atoms with van der Waals surface area (Å²) in [6, 6.07) is 7.47. The Bertz CT molecular complexity index is 444. The number of aliphatic hydroxyl groups excluding tert-OH is 1. The van der Waals surface area contributed by atoms with Gasteiger partial charge in [0.25, 0.3) is 10.1 Å². The summed E-state index contributed by atoms with van der Waals surface area (Å²) in [5.41, 5.74) is 1.86. The molecule has 0 saturated carbocycles. The summed E-state index contributed by atoms with van der Waals surface area (Å²) in [6.07, 6.45) is -1.13. The molecule has 0 spiro atoms. The molecule has 16 heavy (non-hydrogen) atoms. The molecule has 1 rings (SSSR count). The number of aliphatic hydroxyl groups is 1. The first kappa shape index (κ1) is 13.0. The number of nitrogens with one attached hydrogen (secondary N) is 1. The monoisotopic (exact) mass is 245 g/mol. The number of rotatable bonds is 5. The van der Waals surface area contributed by atoms with Crippen molar-refractivity contribution < 1.29 is 18.1 Å². The van der Waals surface area contributed by atoms with E-state index in [1.54, 1.807) is 0 Å². The lowest BCUT2D eigenvalue weighted by Gasteiger charge is -2.11. The molecule has 0 heterocycles. The Hall–Kier alpha value is -1.11. The van der Waals surface area contributed by atoms with E-state index in [2.05, 4.69) is 5.32 Å². The molecule has 0 amide bonds. The van der Waals surface area contributed by atoms with Crippen LogP contribution < -0.4 is 5.32 Å². The fraction of sp³-hybridized carbons (Fsp3) is 0.400. The molecule has 5 nitrogen and oxygen atoms in total. The van der Waals surface area contributed by atoms with Gasteiger partial charge < -0.3 is 10.4 Å². The van der Waals surface area contributed by atoms with Crippen molar-refractivity contribution in [3.8, 4) is 0 Å². The maximum absolute atomic E-state index is 10.5. The first-order valence-corrected chi connectivity index (χ1v) is 6.41. The van der Waals surface area contributed by atoms with Crippen LogP contribution in [-0.2, 0) is 10.1 Å². The Labute approximate surface area is 94.9 Å². The van der Waals surface area contributed by atoms with Crippen molar-refractivity contribution in [1.82, 2.24) is 0 Å². The van der Waals surface area contributed by atoms with Gasteiger partial charge >= 0.3 is 0 Å². The third kappa shape index (κ3) is 5.11. The zero-order chi connectivity index (χ0) is 12.2. The molecule has 0 aliphatic heterocycles. The third-order valence-corrected chi connectivity index (χ3v) is 2.77.